The number of rotatable bonds is 2. The Labute approximate surface area is 110 Å². The molecule has 2 saturated heterocycles. The van der Waals surface area contributed by atoms with Gasteiger partial charge in [0, 0.05) is 25.3 Å². The number of pyridine rings is 1. The lowest BCUT2D eigenvalue weighted by atomic mass is 9.92. The molecule has 0 radical (unpaired) electrons. The molecule has 0 spiro atoms. The van der Waals surface area contributed by atoms with Crippen LogP contribution in [0.25, 0.3) is 0 Å². The highest BCUT2D eigenvalue weighted by atomic mass is 15.2. The molecule has 3 heterocycles. The van der Waals surface area contributed by atoms with Crippen LogP contribution in [0.5, 0.6) is 0 Å². The molecule has 0 amide bonds. The second-order valence-electron chi connectivity index (χ2n) is 5.64. The molecule has 3 rings (SSSR count). The maximum atomic E-state index is 4.72. The highest BCUT2D eigenvalue weighted by Crippen LogP contribution is 2.27. The molecule has 2 aliphatic rings. The van der Waals surface area contributed by atoms with Crippen LogP contribution in [0, 0.1) is 6.92 Å². The van der Waals surface area contributed by atoms with E-state index in [0.29, 0.717) is 5.92 Å². The van der Waals surface area contributed by atoms with E-state index in [2.05, 4.69) is 29.3 Å². The smallest absolute Gasteiger partial charge is 0.129 e. The summed E-state index contributed by atoms with van der Waals surface area (Å²) in [7, 11) is 0. The van der Waals surface area contributed by atoms with Crippen molar-refractivity contribution in [3.05, 3.63) is 23.4 Å². The average molecular weight is 245 g/mol. The summed E-state index contributed by atoms with van der Waals surface area (Å²) >= 11 is 0. The molecule has 0 bridgehead atoms. The summed E-state index contributed by atoms with van der Waals surface area (Å²) < 4.78 is 0. The zero-order valence-corrected chi connectivity index (χ0v) is 11.3. The number of hydrogen-bond donors (Lipinski definition) is 1. The van der Waals surface area contributed by atoms with Crippen molar-refractivity contribution in [1.82, 2.24) is 10.3 Å². The number of nitrogens with zero attached hydrogens (tertiary/aromatic N) is 2. The second-order valence-corrected chi connectivity index (χ2v) is 5.64. The molecule has 0 aliphatic carbocycles. The van der Waals surface area contributed by atoms with E-state index in [1.807, 2.05) is 0 Å². The predicted octanol–water partition coefficient (Wildman–Crippen LogP) is 2.46. The van der Waals surface area contributed by atoms with Crippen LogP contribution in [0.3, 0.4) is 0 Å². The van der Waals surface area contributed by atoms with Crippen LogP contribution < -0.4 is 10.2 Å². The van der Waals surface area contributed by atoms with E-state index < -0.39 is 0 Å². The predicted molar refractivity (Wildman–Crippen MR) is 75.3 cm³/mol. The van der Waals surface area contributed by atoms with Crippen molar-refractivity contribution in [3.8, 4) is 0 Å². The van der Waals surface area contributed by atoms with E-state index in [0.717, 1.165) is 6.54 Å². The van der Waals surface area contributed by atoms with Crippen molar-refractivity contribution in [2.24, 2.45) is 0 Å². The lowest BCUT2D eigenvalue weighted by molar-refractivity contribution is 0.461. The van der Waals surface area contributed by atoms with Gasteiger partial charge in [-0.15, -0.1) is 0 Å². The topological polar surface area (TPSA) is 28.2 Å². The Bertz CT molecular complexity index is 404. The third-order valence-corrected chi connectivity index (χ3v) is 4.16. The van der Waals surface area contributed by atoms with Crippen molar-refractivity contribution in [2.45, 2.75) is 38.5 Å². The molecule has 0 saturated carbocycles. The quantitative estimate of drug-likeness (QED) is 0.867. The van der Waals surface area contributed by atoms with Gasteiger partial charge in [-0.2, -0.15) is 0 Å². The SMILES string of the molecule is Cc1cc(C2CCCNC2)cc(N2CCCC2)n1. The average Bonchev–Trinajstić information content (AvgIpc) is 2.93. The number of piperidine rings is 1. The van der Waals surface area contributed by atoms with Gasteiger partial charge in [-0.05, 0) is 62.8 Å². The summed E-state index contributed by atoms with van der Waals surface area (Å²) in [5.41, 5.74) is 2.65. The van der Waals surface area contributed by atoms with Gasteiger partial charge in [0.15, 0.2) is 0 Å². The maximum absolute atomic E-state index is 4.72. The molecule has 3 nitrogen and oxygen atoms in total. The van der Waals surface area contributed by atoms with Crippen LogP contribution in [0.15, 0.2) is 12.1 Å². The standard InChI is InChI=1S/C15H23N3/c1-12-9-14(13-5-4-6-16-11-13)10-15(17-12)18-7-2-3-8-18/h9-10,13,16H,2-8,11H2,1H3. The Morgan fingerprint density at radius 3 is 2.78 bits per heavy atom. The van der Waals surface area contributed by atoms with Crippen LogP contribution in [-0.2, 0) is 0 Å². The number of aryl methyl sites for hydroxylation is 1. The summed E-state index contributed by atoms with van der Waals surface area (Å²) in [4.78, 5) is 7.15. The van der Waals surface area contributed by atoms with Crippen molar-refractivity contribution in [3.63, 3.8) is 0 Å². The van der Waals surface area contributed by atoms with Crippen molar-refractivity contribution < 1.29 is 0 Å². The molecule has 1 atom stereocenters. The first-order valence-electron chi connectivity index (χ1n) is 7.27. The van der Waals surface area contributed by atoms with Gasteiger partial charge in [0.25, 0.3) is 0 Å². The van der Waals surface area contributed by atoms with Gasteiger partial charge in [0.05, 0.1) is 0 Å². The third kappa shape index (κ3) is 2.51. The highest BCUT2D eigenvalue weighted by molar-refractivity contribution is 5.44. The summed E-state index contributed by atoms with van der Waals surface area (Å²) in [5, 5.41) is 3.51. The molecular formula is C15H23N3. The zero-order chi connectivity index (χ0) is 12.4. The number of nitrogens with one attached hydrogen (secondary N) is 1. The van der Waals surface area contributed by atoms with Gasteiger partial charge in [0.2, 0.25) is 0 Å². The first kappa shape index (κ1) is 12.0. The lowest BCUT2D eigenvalue weighted by Crippen LogP contribution is -2.28. The van der Waals surface area contributed by atoms with Gasteiger partial charge in [0.1, 0.15) is 5.82 Å². The summed E-state index contributed by atoms with van der Waals surface area (Å²) in [6.45, 7) is 6.79. The van der Waals surface area contributed by atoms with Crippen LogP contribution >= 0.6 is 0 Å². The van der Waals surface area contributed by atoms with Crippen molar-refractivity contribution in [1.29, 1.82) is 0 Å². The van der Waals surface area contributed by atoms with E-state index in [4.69, 9.17) is 4.98 Å². The summed E-state index contributed by atoms with van der Waals surface area (Å²) in [5.74, 6) is 1.88. The monoisotopic (exact) mass is 245 g/mol. The Balaban J connectivity index is 1.84. The zero-order valence-electron chi connectivity index (χ0n) is 11.3. The Morgan fingerprint density at radius 2 is 2.06 bits per heavy atom. The lowest BCUT2D eigenvalue weighted by Gasteiger charge is -2.25. The van der Waals surface area contributed by atoms with Gasteiger partial charge in [-0.25, -0.2) is 4.98 Å². The molecule has 18 heavy (non-hydrogen) atoms. The third-order valence-electron chi connectivity index (χ3n) is 4.16. The minimum Gasteiger partial charge on any atom is -0.357 e. The summed E-state index contributed by atoms with van der Waals surface area (Å²) in [6.07, 6.45) is 5.24. The van der Waals surface area contributed by atoms with Gasteiger partial charge >= 0.3 is 0 Å². The van der Waals surface area contributed by atoms with Gasteiger partial charge in [-0.1, -0.05) is 0 Å². The molecule has 1 unspecified atom stereocenters. The second kappa shape index (κ2) is 5.27. The van der Waals surface area contributed by atoms with E-state index in [-0.39, 0.29) is 0 Å². The number of aromatic nitrogens is 1. The van der Waals surface area contributed by atoms with Gasteiger partial charge in [-0.3, -0.25) is 0 Å². The first-order valence-corrected chi connectivity index (χ1v) is 7.27. The molecular weight excluding hydrogens is 222 g/mol. The van der Waals surface area contributed by atoms with Gasteiger partial charge < -0.3 is 10.2 Å². The molecule has 98 valence electrons. The molecule has 1 aromatic heterocycles. The van der Waals surface area contributed by atoms with Crippen LogP contribution in [-0.4, -0.2) is 31.2 Å². The van der Waals surface area contributed by atoms with Crippen molar-refractivity contribution >= 4 is 5.82 Å². The van der Waals surface area contributed by atoms with Crippen LogP contribution in [0.2, 0.25) is 0 Å². The van der Waals surface area contributed by atoms with Crippen LogP contribution in [0.4, 0.5) is 5.82 Å². The Kier molecular flexibility index (Phi) is 3.50. The Hall–Kier alpha value is -1.09. The molecule has 1 N–H and O–H groups in total. The largest absolute Gasteiger partial charge is 0.357 e. The first-order chi connectivity index (χ1) is 8.83. The molecule has 3 heteroatoms. The fourth-order valence-corrected chi connectivity index (χ4v) is 3.16. The summed E-state index contributed by atoms with van der Waals surface area (Å²) in [6, 6.07) is 4.60. The molecule has 0 aromatic carbocycles. The fourth-order valence-electron chi connectivity index (χ4n) is 3.16. The van der Waals surface area contributed by atoms with E-state index in [1.165, 1.54) is 62.4 Å². The number of hydrogen-bond acceptors (Lipinski definition) is 3. The van der Waals surface area contributed by atoms with Crippen LogP contribution in [0.1, 0.15) is 42.9 Å². The van der Waals surface area contributed by atoms with E-state index in [9.17, 15) is 0 Å². The minimum absolute atomic E-state index is 0.682. The molecule has 2 aliphatic heterocycles. The molecule has 1 aromatic rings. The number of anilines is 1. The van der Waals surface area contributed by atoms with E-state index >= 15 is 0 Å². The molecule has 2 fully saturated rings. The highest BCUT2D eigenvalue weighted by Gasteiger charge is 2.19. The van der Waals surface area contributed by atoms with E-state index in [1.54, 1.807) is 0 Å². The minimum atomic E-state index is 0.682. The Morgan fingerprint density at radius 1 is 1.22 bits per heavy atom. The normalized spacial score (nSPS) is 24.5. The van der Waals surface area contributed by atoms with Crippen molar-refractivity contribution in [2.75, 3.05) is 31.1 Å². The maximum Gasteiger partial charge on any atom is 0.129 e. The fraction of sp³-hybridized carbons (Fsp3) is 0.667.